The number of nitrogens with one attached hydrogen (secondary N) is 1. The van der Waals surface area contributed by atoms with E-state index in [1.807, 2.05) is 0 Å². The summed E-state index contributed by atoms with van der Waals surface area (Å²) >= 11 is 0. The van der Waals surface area contributed by atoms with Crippen molar-refractivity contribution in [2.75, 3.05) is 26.2 Å². The minimum Gasteiger partial charge on any atom is -0.378 e. The summed E-state index contributed by atoms with van der Waals surface area (Å²) in [6.07, 6.45) is 5.47. The molecule has 16 heavy (non-hydrogen) atoms. The summed E-state index contributed by atoms with van der Waals surface area (Å²) in [5, 5.41) is 3.64. The van der Waals surface area contributed by atoms with Crippen molar-refractivity contribution in [3.05, 3.63) is 0 Å². The van der Waals surface area contributed by atoms with Crippen LogP contribution in [0.25, 0.3) is 0 Å². The van der Waals surface area contributed by atoms with Crippen LogP contribution in [0.2, 0.25) is 0 Å². The summed E-state index contributed by atoms with van der Waals surface area (Å²) in [7, 11) is 0. The quantitative estimate of drug-likeness (QED) is 0.774. The van der Waals surface area contributed by atoms with Crippen molar-refractivity contribution in [2.45, 2.75) is 57.7 Å². The van der Waals surface area contributed by atoms with Gasteiger partial charge in [0.2, 0.25) is 0 Å². The average molecular weight is 226 g/mol. The van der Waals surface area contributed by atoms with Gasteiger partial charge in [-0.25, -0.2) is 0 Å². The first-order valence-electron chi connectivity index (χ1n) is 6.88. The van der Waals surface area contributed by atoms with E-state index in [9.17, 15) is 0 Å². The van der Waals surface area contributed by atoms with Crippen molar-refractivity contribution < 1.29 is 4.74 Å². The predicted octanol–water partition coefficient (Wildman–Crippen LogP) is 1.63. The van der Waals surface area contributed by atoms with Gasteiger partial charge >= 0.3 is 0 Å². The molecule has 2 fully saturated rings. The summed E-state index contributed by atoms with van der Waals surface area (Å²) in [5.41, 5.74) is 0. The van der Waals surface area contributed by atoms with Crippen LogP contribution in [0.4, 0.5) is 0 Å². The van der Waals surface area contributed by atoms with E-state index in [2.05, 4.69) is 24.1 Å². The van der Waals surface area contributed by atoms with Crippen LogP contribution in [0.1, 0.15) is 39.5 Å². The van der Waals surface area contributed by atoms with Crippen LogP contribution in [-0.2, 0) is 4.74 Å². The molecule has 3 unspecified atom stereocenters. The van der Waals surface area contributed by atoms with Gasteiger partial charge < -0.3 is 10.1 Å². The molecule has 2 saturated heterocycles. The standard InChI is InChI=1S/C13H26N2O/c1-3-12-4-7-15(8-6-14-12)13-5-9-16-11(2)10-13/h11-14H,3-10H2,1-2H3. The third kappa shape index (κ3) is 3.19. The van der Waals surface area contributed by atoms with Crippen LogP contribution < -0.4 is 5.32 Å². The van der Waals surface area contributed by atoms with Crippen LogP contribution in [0.5, 0.6) is 0 Å². The second-order valence-electron chi connectivity index (χ2n) is 5.24. The summed E-state index contributed by atoms with van der Waals surface area (Å²) in [6.45, 7) is 9.08. The molecule has 0 saturated carbocycles. The minimum absolute atomic E-state index is 0.455. The van der Waals surface area contributed by atoms with Crippen molar-refractivity contribution in [3.63, 3.8) is 0 Å². The fraction of sp³-hybridized carbons (Fsp3) is 1.00. The highest BCUT2D eigenvalue weighted by molar-refractivity contribution is 4.82. The maximum atomic E-state index is 5.63. The molecule has 2 aliphatic heterocycles. The summed E-state index contributed by atoms with van der Waals surface area (Å²) in [6, 6.07) is 1.50. The number of hydrogen-bond donors (Lipinski definition) is 1. The Bertz CT molecular complexity index is 210. The van der Waals surface area contributed by atoms with Crippen molar-refractivity contribution in [1.82, 2.24) is 10.2 Å². The molecule has 0 aromatic rings. The van der Waals surface area contributed by atoms with Gasteiger partial charge in [-0.05, 0) is 39.2 Å². The molecule has 1 N–H and O–H groups in total. The molecule has 0 radical (unpaired) electrons. The molecule has 0 aromatic heterocycles. The maximum Gasteiger partial charge on any atom is 0.0561 e. The minimum atomic E-state index is 0.455. The van der Waals surface area contributed by atoms with Crippen LogP contribution in [0, 0.1) is 0 Å². The van der Waals surface area contributed by atoms with Crippen molar-refractivity contribution >= 4 is 0 Å². The molecule has 0 aliphatic carbocycles. The Labute approximate surface area is 99.5 Å². The van der Waals surface area contributed by atoms with Gasteiger partial charge in [-0.3, -0.25) is 4.90 Å². The van der Waals surface area contributed by atoms with Gasteiger partial charge in [0, 0.05) is 31.8 Å². The van der Waals surface area contributed by atoms with E-state index in [1.54, 1.807) is 0 Å². The predicted molar refractivity (Wildman–Crippen MR) is 66.7 cm³/mol. The monoisotopic (exact) mass is 226 g/mol. The highest BCUT2D eigenvalue weighted by atomic mass is 16.5. The maximum absolute atomic E-state index is 5.63. The van der Waals surface area contributed by atoms with Crippen LogP contribution >= 0.6 is 0 Å². The second-order valence-corrected chi connectivity index (χ2v) is 5.24. The first-order chi connectivity index (χ1) is 7.79. The van der Waals surface area contributed by atoms with Gasteiger partial charge in [0.15, 0.2) is 0 Å². The van der Waals surface area contributed by atoms with Crippen molar-refractivity contribution in [3.8, 4) is 0 Å². The van der Waals surface area contributed by atoms with E-state index in [0.29, 0.717) is 6.10 Å². The molecular formula is C13H26N2O. The third-order valence-corrected chi connectivity index (χ3v) is 4.06. The Kier molecular flexibility index (Phi) is 4.62. The highest BCUT2D eigenvalue weighted by Crippen LogP contribution is 2.20. The molecular weight excluding hydrogens is 200 g/mol. The van der Waals surface area contributed by atoms with Crippen LogP contribution in [0.15, 0.2) is 0 Å². The molecule has 0 amide bonds. The summed E-state index contributed by atoms with van der Waals surface area (Å²) in [4.78, 5) is 2.68. The number of hydrogen-bond acceptors (Lipinski definition) is 3. The molecule has 2 aliphatic rings. The SMILES string of the molecule is CCC1CCN(C2CCOC(C)C2)CCN1. The highest BCUT2D eigenvalue weighted by Gasteiger charge is 2.26. The molecule has 0 bridgehead atoms. The zero-order valence-corrected chi connectivity index (χ0v) is 10.7. The van der Waals surface area contributed by atoms with Gasteiger partial charge in [0.05, 0.1) is 6.10 Å². The largest absolute Gasteiger partial charge is 0.378 e. The van der Waals surface area contributed by atoms with Gasteiger partial charge in [-0.15, -0.1) is 0 Å². The molecule has 2 rings (SSSR count). The van der Waals surface area contributed by atoms with E-state index in [-0.39, 0.29) is 0 Å². The lowest BCUT2D eigenvalue weighted by atomic mass is 10.0. The fourth-order valence-electron chi connectivity index (χ4n) is 2.97. The Morgan fingerprint density at radius 3 is 2.94 bits per heavy atom. The molecule has 0 aromatic carbocycles. The van der Waals surface area contributed by atoms with Crippen molar-refractivity contribution in [2.24, 2.45) is 0 Å². The lowest BCUT2D eigenvalue weighted by molar-refractivity contribution is -0.0161. The Hall–Kier alpha value is -0.120. The fourth-order valence-corrected chi connectivity index (χ4v) is 2.97. The molecule has 3 heteroatoms. The topological polar surface area (TPSA) is 24.5 Å². The van der Waals surface area contributed by atoms with Crippen molar-refractivity contribution in [1.29, 1.82) is 0 Å². The normalized spacial score (nSPS) is 38.2. The molecule has 3 atom stereocenters. The average Bonchev–Trinajstić information content (AvgIpc) is 2.54. The summed E-state index contributed by atoms with van der Waals surface area (Å²) < 4.78 is 5.63. The van der Waals surface area contributed by atoms with E-state index in [4.69, 9.17) is 4.74 Å². The Morgan fingerprint density at radius 2 is 2.19 bits per heavy atom. The lowest BCUT2D eigenvalue weighted by Crippen LogP contribution is -2.43. The van der Waals surface area contributed by atoms with Gasteiger partial charge in [-0.1, -0.05) is 6.92 Å². The van der Waals surface area contributed by atoms with E-state index in [1.165, 1.54) is 38.8 Å². The molecule has 94 valence electrons. The number of rotatable bonds is 2. The second kappa shape index (κ2) is 5.99. The van der Waals surface area contributed by atoms with Crippen LogP contribution in [-0.4, -0.2) is 49.3 Å². The first kappa shape index (κ1) is 12.3. The Balaban J connectivity index is 1.84. The van der Waals surface area contributed by atoms with Gasteiger partial charge in [0.25, 0.3) is 0 Å². The zero-order chi connectivity index (χ0) is 11.4. The van der Waals surface area contributed by atoms with E-state index < -0.39 is 0 Å². The Morgan fingerprint density at radius 1 is 1.31 bits per heavy atom. The first-order valence-corrected chi connectivity index (χ1v) is 6.88. The lowest BCUT2D eigenvalue weighted by Gasteiger charge is -2.35. The third-order valence-electron chi connectivity index (χ3n) is 4.06. The molecule has 3 nitrogen and oxygen atoms in total. The number of nitrogens with zero attached hydrogens (tertiary/aromatic N) is 1. The molecule has 2 heterocycles. The number of ether oxygens (including phenoxy) is 1. The van der Waals surface area contributed by atoms with E-state index in [0.717, 1.165) is 25.2 Å². The van der Waals surface area contributed by atoms with Gasteiger partial charge in [-0.2, -0.15) is 0 Å². The van der Waals surface area contributed by atoms with E-state index >= 15 is 0 Å². The summed E-state index contributed by atoms with van der Waals surface area (Å²) in [5.74, 6) is 0. The van der Waals surface area contributed by atoms with Crippen LogP contribution in [0.3, 0.4) is 0 Å². The zero-order valence-electron chi connectivity index (χ0n) is 10.7. The smallest absolute Gasteiger partial charge is 0.0561 e. The molecule has 0 spiro atoms. The van der Waals surface area contributed by atoms with Gasteiger partial charge in [0.1, 0.15) is 0 Å².